The summed E-state index contributed by atoms with van der Waals surface area (Å²) in [6.07, 6.45) is -0.880. The normalized spacial score (nSPS) is 11.0. The first kappa shape index (κ1) is 19.6. The number of phenols is 1. The highest BCUT2D eigenvalue weighted by Crippen LogP contribution is 2.18. The van der Waals surface area contributed by atoms with Crippen LogP contribution in [0.1, 0.15) is 13.3 Å². The second kappa shape index (κ2) is 10.4. The van der Waals surface area contributed by atoms with Crippen molar-refractivity contribution in [1.82, 2.24) is 0 Å². The fraction of sp³-hybridized carbons (Fsp3) is 0.571. The Labute approximate surface area is 123 Å². The number of benzene rings is 1. The zero-order valence-electron chi connectivity index (χ0n) is 12.0. The van der Waals surface area contributed by atoms with Crippen LogP contribution in [0, 0.1) is 5.41 Å². The molecule has 0 radical (unpaired) electrons. The topological polar surface area (TPSA) is 131 Å². The molecule has 0 fully saturated rings. The third-order valence-electron chi connectivity index (χ3n) is 2.99. The monoisotopic (exact) mass is 304 g/mol. The van der Waals surface area contributed by atoms with Gasteiger partial charge < -0.3 is 35.4 Å². The fourth-order valence-electron chi connectivity index (χ4n) is 1.20. The third kappa shape index (κ3) is 7.84. The predicted octanol–water partition coefficient (Wildman–Crippen LogP) is -0.559. The van der Waals surface area contributed by atoms with Gasteiger partial charge in [0, 0.05) is 5.41 Å². The lowest BCUT2D eigenvalue weighted by atomic mass is 9.88. The molecule has 21 heavy (non-hydrogen) atoms. The van der Waals surface area contributed by atoms with Crippen molar-refractivity contribution in [2.75, 3.05) is 26.4 Å². The molecule has 0 atom stereocenters. The summed E-state index contributed by atoms with van der Waals surface area (Å²) in [4.78, 5) is 0. The average molecular weight is 304 g/mol. The smallest absolute Gasteiger partial charge is 0.186 e. The Kier molecular flexibility index (Phi) is 9.68. The van der Waals surface area contributed by atoms with Crippen LogP contribution in [0.3, 0.4) is 0 Å². The van der Waals surface area contributed by atoms with Gasteiger partial charge in [0.2, 0.25) is 0 Å². The molecule has 0 saturated carbocycles. The Morgan fingerprint density at radius 1 is 1.00 bits per heavy atom. The lowest BCUT2D eigenvalue weighted by Crippen LogP contribution is -2.32. The second-order valence-corrected chi connectivity index (χ2v) is 4.61. The molecule has 7 heteroatoms. The molecule has 0 aliphatic rings. The Morgan fingerprint density at radius 3 is 1.76 bits per heavy atom. The van der Waals surface area contributed by atoms with Gasteiger partial charge in [0.05, 0.1) is 19.8 Å². The van der Waals surface area contributed by atoms with Crippen LogP contribution in [0.2, 0.25) is 0 Å². The third-order valence-corrected chi connectivity index (χ3v) is 2.99. The molecule has 1 aromatic carbocycles. The van der Waals surface area contributed by atoms with E-state index in [9.17, 15) is 0 Å². The molecular weight excluding hydrogens is 280 g/mol. The number of aliphatic hydroxyl groups excluding tert-OH is 4. The number of hydrogen-bond acceptors (Lipinski definition) is 7. The van der Waals surface area contributed by atoms with E-state index < -0.39 is 11.7 Å². The van der Waals surface area contributed by atoms with Gasteiger partial charge in [0.15, 0.2) is 6.29 Å². The van der Waals surface area contributed by atoms with Gasteiger partial charge in [-0.3, -0.25) is 0 Å². The van der Waals surface area contributed by atoms with Gasteiger partial charge in [-0.05, 0) is 30.7 Å². The molecule has 0 aromatic heterocycles. The van der Waals surface area contributed by atoms with Crippen LogP contribution < -0.4 is 4.74 Å². The summed E-state index contributed by atoms with van der Waals surface area (Å²) in [5.74, 6) is 0.632. The summed E-state index contributed by atoms with van der Waals surface area (Å²) in [5, 5.41) is 51.7. The van der Waals surface area contributed by atoms with Crippen molar-refractivity contribution in [2.24, 2.45) is 5.41 Å². The standard InChI is InChI=1S/C8H10O4.C6H14O3/c9-6-1-3-7(4-2-6)12-5-8(10)11;1-2-6(3-7,4-8)5-9/h1-4,8-11H,5H2;7-9H,2-5H2,1H3. The maximum absolute atomic E-state index is 8.88. The highest BCUT2D eigenvalue weighted by molar-refractivity contribution is 5.29. The Hall–Kier alpha value is -1.38. The first-order chi connectivity index (χ1) is 9.92. The van der Waals surface area contributed by atoms with Crippen LogP contribution in [0.4, 0.5) is 0 Å². The zero-order chi connectivity index (χ0) is 16.3. The van der Waals surface area contributed by atoms with E-state index in [1.165, 1.54) is 24.3 Å². The summed E-state index contributed by atoms with van der Waals surface area (Å²) < 4.78 is 4.91. The number of rotatable bonds is 7. The van der Waals surface area contributed by atoms with Crippen LogP contribution in [0.15, 0.2) is 24.3 Å². The molecule has 0 bridgehead atoms. The van der Waals surface area contributed by atoms with Gasteiger partial charge in [0.1, 0.15) is 18.1 Å². The van der Waals surface area contributed by atoms with E-state index in [-0.39, 0.29) is 32.2 Å². The summed E-state index contributed by atoms with van der Waals surface area (Å²) in [5.41, 5.74) is -0.667. The van der Waals surface area contributed by atoms with Gasteiger partial charge in [-0.25, -0.2) is 0 Å². The lowest BCUT2D eigenvalue weighted by molar-refractivity contribution is -0.0680. The quantitative estimate of drug-likeness (QED) is 0.372. The minimum absolute atomic E-state index is 0.145. The van der Waals surface area contributed by atoms with Crippen molar-refractivity contribution >= 4 is 0 Å². The Bertz CT molecular complexity index is 343. The van der Waals surface area contributed by atoms with E-state index in [4.69, 9.17) is 35.4 Å². The van der Waals surface area contributed by atoms with Crippen molar-refractivity contribution < 1.29 is 35.4 Å². The van der Waals surface area contributed by atoms with E-state index in [0.29, 0.717) is 12.2 Å². The van der Waals surface area contributed by atoms with Crippen molar-refractivity contribution in [1.29, 1.82) is 0 Å². The maximum Gasteiger partial charge on any atom is 0.186 e. The van der Waals surface area contributed by atoms with Crippen LogP contribution in [-0.2, 0) is 0 Å². The van der Waals surface area contributed by atoms with Crippen LogP contribution >= 0.6 is 0 Å². The van der Waals surface area contributed by atoms with Gasteiger partial charge in [-0.15, -0.1) is 0 Å². The fourth-order valence-corrected chi connectivity index (χ4v) is 1.20. The van der Waals surface area contributed by atoms with E-state index >= 15 is 0 Å². The number of phenolic OH excluding ortho intramolecular Hbond substituents is 1. The number of ether oxygens (including phenoxy) is 1. The minimum Gasteiger partial charge on any atom is -0.508 e. The molecule has 0 saturated heterocycles. The van der Waals surface area contributed by atoms with Gasteiger partial charge in [-0.1, -0.05) is 6.92 Å². The molecule has 7 nitrogen and oxygen atoms in total. The maximum atomic E-state index is 8.88. The van der Waals surface area contributed by atoms with Crippen molar-refractivity contribution in [3.63, 3.8) is 0 Å². The zero-order valence-corrected chi connectivity index (χ0v) is 12.0. The predicted molar refractivity (Wildman–Crippen MR) is 75.8 cm³/mol. The summed E-state index contributed by atoms with van der Waals surface area (Å²) >= 11 is 0. The van der Waals surface area contributed by atoms with Gasteiger partial charge in [-0.2, -0.15) is 0 Å². The van der Waals surface area contributed by atoms with Crippen LogP contribution in [-0.4, -0.2) is 63.4 Å². The van der Waals surface area contributed by atoms with E-state index in [1.807, 2.05) is 6.92 Å². The molecular formula is C14H24O7. The lowest BCUT2D eigenvalue weighted by Gasteiger charge is -2.24. The highest BCUT2D eigenvalue weighted by atomic mass is 16.5. The average Bonchev–Trinajstić information content (AvgIpc) is 2.50. The second-order valence-electron chi connectivity index (χ2n) is 4.61. The van der Waals surface area contributed by atoms with Crippen LogP contribution in [0.25, 0.3) is 0 Å². The van der Waals surface area contributed by atoms with Crippen molar-refractivity contribution in [3.8, 4) is 11.5 Å². The number of aromatic hydroxyl groups is 1. The summed E-state index contributed by atoms with van der Waals surface area (Å²) in [6.45, 7) is 1.18. The summed E-state index contributed by atoms with van der Waals surface area (Å²) in [7, 11) is 0. The first-order valence-corrected chi connectivity index (χ1v) is 6.53. The molecule has 0 amide bonds. The van der Waals surface area contributed by atoms with E-state index in [1.54, 1.807) is 0 Å². The Balaban J connectivity index is 0.000000400. The first-order valence-electron chi connectivity index (χ1n) is 6.53. The van der Waals surface area contributed by atoms with Crippen molar-refractivity contribution in [2.45, 2.75) is 19.6 Å². The molecule has 0 aliphatic heterocycles. The molecule has 1 aromatic rings. The van der Waals surface area contributed by atoms with Gasteiger partial charge >= 0.3 is 0 Å². The molecule has 0 unspecified atom stereocenters. The van der Waals surface area contributed by atoms with Crippen molar-refractivity contribution in [3.05, 3.63) is 24.3 Å². The number of hydrogen-bond donors (Lipinski definition) is 6. The molecule has 122 valence electrons. The molecule has 6 N–H and O–H groups in total. The molecule has 0 heterocycles. The Morgan fingerprint density at radius 2 is 1.48 bits per heavy atom. The largest absolute Gasteiger partial charge is 0.508 e. The van der Waals surface area contributed by atoms with E-state index in [0.717, 1.165) is 0 Å². The minimum atomic E-state index is -1.47. The van der Waals surface area contributed by atoms with E-state index in [2.05, 4.69) is 0 Å². The van der Waals surface area contributed by atoms with Gasteiger partial charge in [0.25, 0.3) is 0 Å². The molecule has 1 rings (SSSR count). The summed E-state index contributed by atoms with van der Waals surface area (Å²) in [6, 6.07) is 5.99. The van der Waals surface area contributed by atoms with Crippen LogP contribution in [0.5, 0.6) is 11.5 Å². The SMILES string of the molecule is CCC(CO)(CO)CO.Oc1ccc(OCC(O)O)cc1. The molecule has 0 aliphatic carbocycles. The highest BCUT2D eigenvalue weighted by Gasteiger charge is 2.24. The number of aliphatic hydroxyl groups is 5. The molecule has 0 spiro atoms.